The van der Waals surface area contributed by atoms with Gasteiger partial charge in [-0.3, -0.25) is 0 Å². The first kappa shape index (κ1) is 10.7. The van der Waals surface area contributed by atoms with Gasteiger partial charge in [-0.1, -0.05) is 37.3 Å². The van der Waals surface area contributed by atoms with Crippen molar-refractivity contribution in [3.63, 3.8) is 0 Å². The van der Waals surface area contributed by atoms with Crippen LogP contribution in [0.2, 0.25) is 0 Å². The third-order valence-electron chi connectivity index (χ3n) is 3.97. The van der Waals surface area contributed by atoms with Crippen LogP contribution in [0, 0.1) is 0 Å². The minimum absolute atomic E-state index is 0.411. The lowest BCUT2D eigenvalue weighted by Crippen LogP contribution is -2.36. The summed E-state index contributed by atoms with van der Waals surface area (Å²) in [6.07, 6.45) is 5.23. The van der Waals surface area contributed by atoms with E-state index in [1.807, 2.05) is 0 Å². The van der Waals surface area contributed by atoms with E-state index in [1.54, 1.807) is 0 Å². The van der Waals surface area contributed by atoms with Crippen molar-refractivity contribution in [3.05, 3.63) is 35.9 Å². The van der Waals surface area contributed by atoms with E-state index in [1.165, 1.54) is 31.2 Å². The van der Waals surface area contributed by atoms with Gasteiger partial charge in [0.15, 0.2) is 0 Å². The fraction of sp³-hybridized carbons (Fsp3) is 0.571. The summed E-state index contributed by atoms with van der Waals surface area (Å²) < 4.78 is 0. The van der Waals surface area contributed by atoms with E-state index >= 15 is 0 Å². The van der Waals surface area contributed by atoms with Gasteiger partial charge in [0.05, 0.1) is 0 Å². The molecule has 0 aromatic heterocycles. The molecular formula is C14H21N. The average molecular weight is 203 g/mol. The van der Waals surface area contributed by atoms with Crippen LogP contribution in [0.25, 0.3) is 0 Å². The number of hydrogen-bond donors (Lipinski definition) is 1. The van der Waals surface area contributed by atoms with Crippen LogP contribution in [0.1, 0.15) is 38.2 Å². The van der Waals surface area contributed by atoms with Crippen LogP contribution in [0.4, 0.5) is 0 Å². The zero-order chi connectivity index (χ0) is 10.7. The Hall–Kier alpha value is -0.820. The van der Waals surface area contributed by atoms with Crippen molar-refractivity contribution in [2.45, 2.75) is 44.1 Å². The van der Waals surface area contributed by atoms with Crippen molar-refractivity contribution in [2.75, 3.05) is 7.05 Å². The maximum atomic E-state index is 3.39. The standard InChI is InChI=1S/C14H21N/c1-14(12-6-4-3-5-7-12)10-8-13(15-2)9-11-14/h3-7,13,15H,8-11H2,1-2H3. The minimum Gasteiger partial charge on any atom is -0.317 e. The molecule has 15 heavy (non-hydrogen) atoms. The van der Waals surface area contributed by atoms with E-state index in [4.69, 9.17) is 0 Å². The third kappa shape index (κ3) is 2.23. The van der Waals surface area contributed by atoms with Crippen molar-refractivity contribution in [3.8, 4) is 0 Å². The Bertz CT molecular complexity index is 296. The summed E-state index contributed by atoms with van der Waals surface area (Å²) in [5, 5.41) is 3.39. The van der Waals surface area contributed by atoms with Crippen LogP contribution in [-0.2, 0) is 5.41 Å². The zero-order valence-electron chi connectivity index (χ0n) is 9.79. The van der Waals surface area contributed by atoms with Crippen LogP contribution in [0.15, 0.2) is 30.3 Å². The first-order valence-corrected chi connectivity index (χ1v) is 5.97. The van der Waals surface area contributed by atoms with Crippen molar-refractivity contribution < 1.29 is 0 Å². The lowest BCUT2D eigenvalue weighted by molar-refractivity contribution is 0.272. The molecule has 0 saturated heterocycles. The smallest absolute Gasteiger partial charge is 0.00647 e. The first-order chi connectivity index (χ1) is 7.24. The molecule has 1 aromatic rings. The second-order valence-corrected chi connectivity index (χ2v) is 4.99. The molecule has 0 spiro atoms. The molecule has 1 aromatic carbocycles. The summed E-state index contributed by atoms with van der Waals surface area (Å²) in [5.74, 6) is 0. The minimum atomic E-state index is 0.411. The highest BCUT2D eigenvalue weighted by atomic mass is 14.9. The summed E-state index contributed by atoms with van der Waals surface area (Å²) in [6, 6.07) is 11.7. The van der Waals surface area contributed by atoms with Gasteiger partial charge in [-0.2, -0.15) is 0 Å². The molecule has 0 bridgehead atoms. The summed E-state index contributed by atoms with van der Waals surface area (Å²) in [5.41, 5.74) is 1.92. The number of nitrogens with one attached hydrogen (secondary N) is 1. The van der Waals surface area contributed by atoms with Crippen LogP contribution >= 0.6 is 0 Å². The van der Waals surface area contributed by atoms with Crippen LogP contribution < -0.4 is 5.32 Å². The Morgan fingerprint density at radius 2 is 1.73 bits per heavy atom. The predicted octanol–water partition coefficient (Wildman–Crippen LogP) is 3.11. The molecule has 2 rings (SSSR count). The molecule has 0 unspecified atom stereocenters. The van der Waals surface area contributed by atoms with Crippen LogP contribution in [0.3, 0.4) is 0 Å². The van der Waals surface area contributed by atoms with Gasteiger partial charge in [0.1, 0.15) is 0 Å². The van der Waals surface area contributed by atoms with E-state index in [2.05, 4.69) is 49.6 Å². The molecule has 1 fully saturated rings. The SMILES string of the molecule is CNC1CCC(C)(c2ccccc2)CC1. The molecule has 1 nitrogen and oxygen atoms in total. The highest BCUT2D eigenvalue weighted by molar-refractivity contribution is 5.25. The normalized spacial score (nSPS) is 31.5. The Kier molecular flexibility index (Phi) is 3.11. The second kappa shape index (κ2) is 4.36. The van der Waals surface area contributed by atoms with E-state index in [9.17, 15) is 0 Å². The van der Waals surface area contributed by atoms with Gasteiger partial charge in [-0.25, -0.2) is 0 Å². The Balaban J connectivity index is 2.10. The zero-order valence-corrected chi connectivity index (χ0v) is 9.79. The fourth-order valence-electron chi connectivity index (χ4n) is 2.67. The lowest BCUT2D eigenvalue weighted by Gasteiger charge is -2.37. The molecule has 0 aliphatic heterocycles. The Labute approximate surface area is 92.9 Å². The molecule has 82 valence electrons. The molecule has 1 aliphatic rings. The van der Waals surface area contributed by atoms with Crippen LogP contribution in [-0.4, -0.2) is 13.1 Å². The number of hydrogen-bond acceptors (Lipinski definition) is 1. The van der Waals surface area contributed by atoms with E-state index < -0.39 is 0 Å². The van der Waals surface area contributed by atoms with Gasteiger partial charge in [-0.15, -0.1) is 0 Å². The highest BCUT2D eigenvalue weighted by Gasteiger charge is 2.31. The molecule has 1 aliphatic carbocycles. The molecule has 0 atom stereocenters. The molecular weight excluding hydrogens is 182 g/mol. The van der Waals surface area contributed by atoms with Gasteiger partial charge in [0.25, 0.3) is 0 Å². The average Bonchev–Trinajstić information content (AvgIpc) is 2.31. The monoisotopic (exact) mass is 203 g/mol. The molecule has 1 saturated carbocycles. The topological polar surface area (TPSA) is 12.0 Å². The van der Waals surface area contributed by atoms with Crippen molar-refractivity contribution in [1.82, 2.24) is 5.32 Å². The summed E-state index contributed by atoms with van der Waals surface area (Å²) >= 11 is 0. The summed E-state index contributed by atoms with van der Waals surface area (Å²) in [4.78, 5) is 0. The lowest BCUT2D eigenvalue weighted by atomic mass is 9.70. The van der Waals surface area contributed by atoms with Gasteiger partial charge < -0.3 is 5.32 Å². The van der Waals surface area contributed by atoms with Gasteiger partial charge in [0, 0.05) is 6.04 Å². The molecule has 0 radical (unpaired) electrons. The van der Waals surface area contributed by atoms with Crippen LogP contribution in [0.5, 0.6) is 0 Å². The molecule has 1 N–H and O–H groups in total. The van der Waals surface area contributed by atoms with E-state index in [-0.39, 0.29) is 0 Å². The third-order valence-corrected chi connectivity index (χ3v) is 3.97. The number of rotatable bonds is 2. The van der Waals surface area contributed by atoms with Crippen molar-refractivity contribution in [1.29, 1.82) is 0 Å². The quantitative estimate of drug-likeness (QED) is 0.778. The summed E-state index contributed by atoms with van der Waals surface area (Å²) in [7, 11) is 2.08. The number of benzene rings is 1. The van der Waals surface area contributed by atoms with Crippen molar-refractivity contribution in [2.24, 2.45) is 0 Å². The van der Waals surface area contributed by atoms with Gasteiger partial charge >= 0.3 is 0 Å². The maximum absolute atomic E-state index is 3.39. The van der Waals surface area contributed by atoms with E-state index in [0.29, 0.717) is 5.41 Å². The Morgan fingerprint density at radius 3 is 2.27 bits per heavy atom. The Morgan fingerprint density at radius 1 is 1.13 bits per heavy atom. The first-order valence-electron chi connectivity index (χ1n) is 5.97. The predicted molar refractivity (Wildman–Crippen MR) is 65.1 cm³/mol. The summed E-state index contributed by atoms with van der Waals surface area (Å²) in [6.45, 7) is 2.41. The largest absolute Gasteiger partial charge is 0.317 e. The van der Waals surface area contributed by atoms with Crippen molar-refractivity contribution >= 4 is 0 Å². The second-order valence-electron chi connectivity index (χ2n) is 4.99. The highest BCUT2D eigenvalue weighted by Crippen LogP contribution is 2.38. The molecule has 1 heteroatoms. The molecule has 0 amide bonds. The van der Waals surface area contributed by atoms with Gasteiger partial charge in [-0.05, 0) is 43.7 Å². The fourth-order valence-corrected chi connectivity index (χ4v) is 2.67. The van der Waals surface area contributed by atoms with Gasteiger partial charge in [0.2, 0.25) is 0 Å². The molecule has 0 heterocycles. The maximum Gasteiger partial charge on any atom is 0.00647 e. The van der Waals surface area contributed by atoms with E-state index in [0.717, 1.165) is 6.04 Å².